The molecular weight excluding hydrogens is 269 g/mol. The molecule has 2 rings (SSSR count). The molecule has 0 aromatic heterocycles. The lowest BCUT2D eigenvalue weighted by molar-refractivity contribution is -0.140. The molecule has 2 aliphatic rings. The third-order valence-corrected chi connectivity index (χ3v) is 5.72. The molecule has 1 saturated heterocycles. The molecule has 0 spiro atoms. The highest BCUT2D eigenvalue weighted by Gasteiger charge is 2.47. The van der Waals surface area contributed by atoms with Gasteiger partial charge in [0.25, 0.3) is 0 Å². The highest BCUT2D eigenvalue weighted by Crippen LogP contribution is 2.35. The third-order valence-electron chi connectivity index (χ3n) is 3.32. The zero-order chi connectivity index (χ0) is 13.4. The second kappa shape index (κ2) is 4.97. The lowest BCUT2D eigenvalue weighted by atomic mass is 10.1. The summed E-state index contributed by atoms with van der Waals surface area (Å²) in [6.45, 7) is -0.213. The number of halogens is 3. The second-order valence-corrected chi connectivity index (χ2v) is 7.05. The zero-order valence-electron chi connectivity index (χ0n) is 9.91. The van der Waals surface area contributed by atoms with Gasteiger partial charge in [-0.05, 0) is 38.8 Å². The van der Waals surface area contributed by atoms with Crippen LogP contribution in [-0.4, -0.2) is 49.8 Å². The van der Waals surface area contributed by atoms with Crippen LogP contribution in [0.2, 0.25) is 0 Å². The minimum absolute atomic E-state index is 0.446. The van der Waals surface area contributed by atoms with E-state index in [2.05, 4.69) is 5.32 Å². The van der Waals surface area contributed by atoms with Crippen LogP contribution in [0.25, 0.3) is 0 Å². The Morgan fingerprint density at radius 2 is 1.67 bits per heavy atom. The fourth-order valence-corrected chi connectivity index (χ4v) is 4.32. The van der Waals surface area contributed by atoms with Crippen molar-refractivity contribution in [1.82, 2.24) is 9.62 Å². The largest absolute Gasteiger partial charge is 0.402 e. The Morgan fingerprint density at radius 3 is 2.11 bits per heavy atom. The Hall–Kier alpha value is -0.340. The number of piperidine rings is 1. The first-order chi connectivity index (χ1) is 8.31. The molecule has 18 heavy (non-hydrogen) atoms. The average molecular weight is 286 g/mol. The summed E-state index contributed by atoms with van der Waals surface area (Å²) in [4.78, 5) is 0. The fourth-order valence-electron chi connectivity index (χ4n) is 2.26. The van der Waals surface area contributed by atoms with Crippen molar-refractivity contribution in [1.29, 1.82) is 0 Å². The van der Waals surface area contributed by atoms with Crippen molar-refractivity contribution >= 4 is 10.0 Å². The highest BCUT2D eigenvalue weighted by atomic mass is 32.2. The van der Waals surface area contributed by atoms with E-state index in [1.165, 1.54) is 0 Å². The minimum Gasteiger partial charge on any atom is -0.317 e. The van der Waals surface area contributed by atoms with Crippen molar-refractivity contribution in [3.05, 3.63) is 0 Å². The lowest BCUT2D eigenvalue weighted by Gasteiger charge is -2.34. The van der Waals surface area contributed by atoms with E-state index in [0.29, 0.717) is 43.1 Å². The number of sulfonamides is 1. The second-order valence-electron chi connectivity index (χ2n) is 4.89. The zero-order valence-corrected chi connectivity index (χ0v) is 10.7. The Balaban J connectivity index is 2.16. The number of nitrogens with one attached hydrogen (secondary N) is 1. The molecule has 0 aromatic carbocycles. The predicted molar refractivity (Wildman–Crippen MR) is 60.6 cm³/mol. The van der Waals surface area contributed by atoms with E-state index < -0.39 is 34.0 Å². The Morgan fingerprint density at radius 1 is 1.11 bits per heavy atom. The minimum atomic E-state index is -4.48. The molecule has 1 aliphatic carbocycles. The maximum absolute atomic E-state index is 12.6. The molecule has 1 saturated carbocycles. The van der Waals surface area contributed by atoms with Gasteiger partial charge in [-0.3, -0.25) is 0 Å². The number of hydrogen-bond acceptors (Lipinski definition) is 3. The summed E-state index contributed by atoms with van der Waals surface area (Å²) >= 11 is 0. The predicted octanol–water partition coefficient (Wildman–Crippen LogP) is 1.09. The summed E-state index contributed by atoms with van der Waals surface area (Å²) in [5, 5.41) is 2.44. The van der Waals surface area contributed by atoms with E-state index in [9.17, 15) is 21.6 Å². The molecule has 2 fully saturated rings. The summed E-state index contributed by atoms with van der Waals surface area (Å²) in [7, 11) is -3.78. The van der Waals surface area contributed by atoms with Crippen molar-refractivity contribution in [3.63, 3.8) is 0 Å². The molecule has 0 aromatic rings. The molecule has 1 heterocycles. The first kappa shape index (κ1) is 14.1. The van der Waals surface area contributed by atoms with Crippen LogP contribution < -0.4 is 5.32 Å². The Labute approximate surface area is 105 Å². The SMILES string of the molecule is O=S(=O)(C1CC1)N(CC(F)(F)F)C1CCNCC1. The van der Waals surface area contributed by atoms with E-state index in [4.69, 9.17) is 0 Å². The quantitative estimate of drug-likeness (QED) is 0.842. The van der Waals surface area contributed by atoms with E-state index in [-0.39, 0.29) is 0 Å². The normalized spacial score (nSPS) is 23.6. The van der Waals surface area contributed by atoms with Crippen LogP contribution in [0.5, 0.6) is 0 Å². The molecule has 1 aliphatic heterocycles. The van der Waals surface area contributed by atoms with Crippen LogP contribution in [0.1, 0.15) is 25.7 Å². The molecule has 0 amide bonds. The molecule has 0 unspecified atom stereocenters. The number of hydrogen-bond donors (Lipinski definition) is 1. The van der Waals surface area contributed by atoms with Gasteiger partial charge in [0.05, 0.1) is 5.25 Å². The smallest absolute Gasteiger partial charge is 0.317 e. The van der Waals surface area contributed by atoms with Crippen LogP contribution in [0.4, 0.5) is 13.2 Å². The summed E-state index contributed by atoms with van der Waals surface area (Å²) < 4.78 is 62.5. The van der Waals surface area contributed by atoms with Crippen molar-refractivity contribution in [2.75, 3.05) is 19.6 Å². The van der Waals surface area contributed by atoms with Gasteiger partial charge in [-0.1, -0.05) is 0 Å². The monoisotopic (exact) mass is 286 g/mol. The van der Waals surface area contributed by atoms with Gasteiger partial charge in [0.2, 0.25) is 10.0 Å². The van der Waals surface area contributed by atoms with Crippen LogP contribution in [-0.2, 0) is 10.0 Å². The Kier molecular flexibility index (Phi) is 3.89. The molecule has 8 heteroatoms. The molecule has 0 bridgehead atoms. The van der Waals surface area contributed by atoms with Gasteiger partial charge in [0.15, 0.2) is 0 Å². The Bertz CT molecular complexity index is 386. The topological polar surface area (TPSA) is 49.4 Å². The first-order valence-corrected chi connectivity index (χ1v) is 7.59. The first-order valence-electron chi connectivity index (χ1n) is 6.09. The van der Waals surface area contributed by atoms with Gasteiger partial charge in [0.1, 0.15) is 6.54 Å². The van der Waals surface area contributed by atoms with Crippen LogP contribution >= 0.6 is 0 Å². The number of nitrogens with zero attached hydrogens (tertiary/aromatic N) is 1. The van der Waals surface area contributed by atoms with Crippen molar-refractivity contribution < 1.29 is 21.6 Å². The number of rotatable bonds is 4. The van der Waals surface area contributed by atoms with Crippen LogP contribution in [0, 0.1) is 0 Å². The van der Waals surface area contributed by atoms with E-state index >= 15 is 0 Å². The highest BCUT2D eigenvalue weighted by molar-refractivity contribution is 7.90. The maximum Gasteiger partial charge on any atom is 0.402 e. The standard InChI is InChI=1S/C10H17F3N2O2S/c11-10(12,13)7-15(8-3-5-14-6-4-8)18(16,17)9-1-2-9/h8-9,14H,1-7H2. The molecule has 0 radical (unpaired) electrons. The van der Waals surface area contributed by atoms with Gasteiger partial charge in [-0.2, -0.15) is 17.5 Å². The summed E-state index contributed by atoms with van der Waals surface area (Å²) in [6.07, 6.45) is -2.61. The molecule has 106 valence electrons. The van der Waals surface area contributed by atoms with Crippen LogP contribution in [0.15, 0.2) is 0 Å². The van der Waals surface area contributed by atoms with Gasteiger partial charge < -0.3 is 5.32 Å². The van der Waals surface area contributed by atoms with E-state index in [0.717, 1.165) is 0 Å². The molecular formula is C10H17F3N2O2S. The molecule has 1 N–H and O–H groups in total. The van der Waals surface area contributed by atoms with Gasteiger partial charge in [-0.25, -0.2) is 8.42 Å². The van der Waals surface area contributed by atoms with E-state index in [1.54, 1.807) is 0 Å². The third kappa shape index (κ3) is 3.36. The van der Waals surface area contributed by atoms with Crippen molar-refractivity contribution in [3.8, 4) is 0 Å². The van der Waals surface area contributed by atoms with Crippen LogP contribution in [0.3, 0.4) is 0 Å². The molecule has 0 atom stereocenters. The molecule has 4 nitrogen and oxygen atoms in total. The van der Waals surface area contributed by atoms with Gasteiger partial charge >= 0.3 is 6.18 Å². The summed E-state index contributed by atoms with van der Waals surface area (Å²) in [6, 6.07) is -0.515. The van der Waals surface area contributed by atoms with E-state index in [1.807, 2.05) is 0 Å². The maximum atomic E-state index is 12.6. The number of alkyl halides is 3. The van der Waals surface area contributed by atoms with Crippen molar-refractivity contribution in [2.45, 2.75) is 43.2 Å². The lowest BCUT2D eigenvalue weighted by Crippen LogP contribution is -2.50. The average Bonchev–Trinajstić information content (AvgIpc) is 3.09. The summed E-state index contributed by atoms with van der Waals surface area (Å²) in [5.41, 5.74) is 0. The van der Waals surface area contributed by atoms with Gasteiger partial charge in [-0.15, -0.1) is 0 Å². The van der Waals surface area contributed by atoms with Gasteiger partial charge in [0, 0.05) is 6.04 Å². The summed E-state index contributed by atoms with van der Waals surface area (Å²) in [5.74, 6) is 0. The van der Waals surface area contributed by atoms with Crippen molar-refractivity contribution in [2.24, 2.45) is 0 Å². The fraction of sp³-hybridized carbons (Fsp3) is 1.00.